The summed E-state index contributed by atoms with van der Waals surface area (Å²) in [6.07, 6.45) is 0.469. The number of sulfonamides is 2. The van der Waals surface area contributed by atoms with Gasteiger partial charge in [0.15, 0.2) is 0 Å². The average Bonchev–Trinajstić information content (AvgIpc) is 2.65. The molecule has 1 aromatic carbocycles. The number of nitrogens with one attached hydrogen (secondary N) is 1. The van der Waals surface area contributed by atoms with E-state index in [2.05, 4.69) is 5.32 Å². The van der Waals surface area contributed by atoms with Crippen LogP contribution in [0.2, 0.25) is 5.02 Å². The molecule has 1 aromatic rings. The van der Waals surface area contributed by atoms with E-state index in [0.717, 1.165) is 0 Å². The van der Waals surface area contributed by atoms with E-state index in [1.54, 1.807) is 0 Å². The Morgan fingerprint density at radius 1 is 1.11 bits per heavy atom. The monoisotopic (exact) mass is 439 g/mol. The van der Waals surface area contributed by atoms with Crippen molar-refractivity contribution in [2.45, 2.75) is 11.3 Å². The van der Waals surface area contributed by atoms with Crippen molar-refractivity contribution in [3.8, 4) is 0 Å². The van der Waals surface area contributed by atoms with Gasteiger partial charge >= 0.3 is 0 Å². The van der Waals surface area contributed by atoms with Crippen LogP contribution < -0.4 is 5.32 Å². The smallest absolute Gasteiger partial charge is 0.243 e. The lowest BCUT2D eigenvalue weighted by atomic mass is 10.4. The summed E-state index contributed by atoms with van der Waals surface area (Å²) in [4.78, 5) is 0.0869. The lowest BCUT2D eigenvalue weighted by Gasteiger charge is -2.28. The van der Waals surface area contributed by atoms with Gasteiger partial charge in [-0.15, -0.1) is 0 Å². The molecule has 0 bridgehead atoms. The largest absolute Gasteiger partial charge is 0.385 e. The van der Waals surface area contributed by atoms with Crippen molar-refractivity contribution in [2.24, 2.45) is 0 Å². The van der Waals surface area contributed by atoms with Gasteiger partial charge in [0.1, 0.15) is 0 Å². The second-order valence-electron chi connectivity index (χ2n) is 6.17. The Morgan fingerprint density at radius 2 is 1.74 bits per heavy atom. The molecule has 0 aromatic heterocycles. The molecule has 1 saturated heterocycles. The minimum atomic E-state index is -3.83. The number of hydrogen-bond donors (Lipinski definition) is 1. The van der Waals surface area contributed by atoms with Crippen LogP contribution >= 0.6 is 11.6 Å². The van der Waals surface area contributed by atoms with E-state index in [-0.39, 0.29) is 23.7 Å². The van der Waals surface area contributed by atoms with Gasteiger partial charge in [0, 0.05) is 58.0 Å². The molecule has 27 heavy (non-hydrogen) atoms. The van der Waals surface area contributed by atoms with Gasteiger partial charge in [-0.25, -0.2) is 16.8 Å². The number of halogens is 1. The maximum absolute atomic E-state index is 13.0. The van der Waals surface area contributed by atoms with Crippen molar-refractivity contribution in [3.63, 3.8) is 0 Å². The lowest BCUT2D eigenvalue weighted by molar-refractivity contribution is 0.188. The van der Waals surface area contributed by atoms with Gasteiger partial charge in [0.05, 0.1) is 10.6 Å². The van der Waals surface area contributed by atoms with Crippen molar-refractivity contribution in [3.05, 3.63) is 29.3 Å². The molecule has 0 unspecified atom stereocenters. The molecule has 1 fully saturated rings. The van der Waals surface area contributed by atoms with Gasteiger partial charge in [0.2, 0.25) is 20.0 Å². The van der Waals surface area contributed by atoms with E-state index in [1.807, 2.05) is 0 Å². The maximum Gasteiger partial charge on any atom is 0.243 e. The summed E-state index contributed by atoms with van der Waals surface area (Å²) in [5.41, 5.74) is 0. The zero-order valence-electron chi connectivity index (χ0n) is 15.3. The van der Waals surface area contributed by atoms with Crippen molar-refractivity contribution in [1.82, 2.24) is 13.9 Å². The Hall–Kier alpha value is -0.750. The van der Waals surface area contributed by atoms with Crippen molar-refractivity contribution in [1.29, 1.82) is 0 Å². The first-order chi connectivity index (χ1) is 12.8. The zero-order chi connectivity index (χ0) is 19.9. The highest BCUT2D eigenvalue weighted by Crippen LogP contribution is 2.19. The first-order valence-electron chi connectivity index (χ1n) is 8.70. The Balaban J connectivity index is 2.14. The quantitative estimate of drug-likeness (QED) is 0.536. The number of ether oxygens (including phenoxy) is 1. The molecule has 1 heterocycles. The van der Waals surface area contributed by atoms with Crippen LogP contribution in [-0.4, -0.2) is 84.2 Å². The number of rotatable bonds is 10. The summed E-state index contributed by atoms with van der Waals surface area (Å²) < 4.78 is 58.6. The number of piperazine rings is 1. The van der Waals surface area contributed by atoms with Gasteiger partial charge in [-0.3, -0.25) is 0 Å². The van der Waals surface area contributed by atoms with Crippen LogP contribution in [-0.2, 0) is 24.8 Å². The maximum atomic E-state index is 13.0. The molecule has 8 nitrogen and oxygen atoms in total. The van der Waals surface area contributed by atoms with E-state index < -0.39 is 20.0 Å². The topological polar surface area (TPSA) is 96.0 Å². The SMILES string of the molecule is COCCCN(CCS(=O)(=O)N1CCNCC1)S(=O)(=O)c1ccc(Cl)cc1. The third kappa shape index (κ3) is 6.38. The normalized spacial score (nSPS) is 16.7. The van der Waals surface area contributed by atoms with E-state index in [9.17, 15) is 16.8 Å². The molecule has 1 aliphatic heterocycles. The third-order valence-electron chi connectivity index (χ3n) is 4.28. The van der Waals surface area contributed by atoms with Gasteiger partial charge in [-0.1, -0.05) is 11.6 Å². The number of nitrogens with zero attached hydrogens (tertiary/aromatic N) is 2. The van der Waals surface area contributed by atoms with Crippen LogP contribution in [0.3, 0.4) is 0 Å². The van der Waals surface area contributed by atoms with Gasteiger partial charge in [0.25, 0.3) is 0 Å². The first kappa shape index (κ1) is 22.5. The molecule has 0 amide bonds. The molecule has 0 radical (unpaired) electrons. The molecular formula is C16H26ClN3O5S2. The molecular weight excluding hydrogens is 414 g/mol. The minimum absolute atomic E-state index is 0.0869. The molecule has 154 valence electrons. The first-order valence-corrected chi connectivity index (χ1v) is 12.1. The van der Waals surface area contributed by atoms with Crippen LogP contribution in [0.25, 0.3) is 0 Å². The highest BCUT2D eigenvalue weighted by Gasteiger charge is 2.29. The summed E-state index contributed by atoms with van der Waals surface area (Å²) in [6.45, 7) is 2.44. The Labute approximate surface area is 166 Å². The molecule has 1 aliphatic rings. The highest BCUT2D eigenvalue weighted by atomic mass is 35.5. The van der Waals surface area contributed by atoms with Crippen molar-refractivity contribution >= 4 is 31.6 Å². The third-order valence-corrected chi connectivity index (χ3v) is 8.29. The Kier molecular flexibility index (Phi) is 8.47. The van der Waals surface area contributed by atoms with Crippen LogP contribution in [0.15, 0.2) is 29.2 Å². The van der Waals surface area contributed by atoms with Crippen LogP contribution in [0, 0.1) is 0 Å². The molecule has 0 spiro atoms. The van der Waals surface area contributed by atoms with E-state index in [4.69, 9.17) is 16.3 Å². The Bertz CT molecular complexity index is 794. The predicted octanol–water partition coefficient (Wildman–Crippen LogP) is 0.602. The molecule has 0 saturated carbocycles. The standard InChI is InChI=1S/C16H26ClN3O5S2/c1-25-13-2-9-20(27(23,24)16-5-3-15(17)4-6-16)12-14-26(21,22)19-10-7-18-8-11-19/h3-6,18H,2,7-14H2,1H3. The minimum Gasteiger partial charge on any atom is -0.385 e. The predicted molar refractivity (Wildman–Crippen MR) is 105 cm³/mol. The lowest BCUT2D eigenvalue weighted by Crippen LogP contribution is -2.48. The second-order valence-corrected chi connectivity index (χ2v) is 10.6. The average molecular weight is 440 g/mol. The number of benzene rings is 1. The fraction of sp³-hybridized carbons (Fsp3) is 0.625. The van der Waals surface area contributed by atoms with Crippen LogP contribution in [0.1, 0.15) is 6.42 Å². The van der Waals surface area contributed by atoms with E-state index >= 15 is 0 Å². The molecule has 11 heteroatoms. The molecule has 1 N–H and O–H groups in total. The summed E-state index contributed by atoms with van der Waals surface area (Å²) >= 11 is 5.84. The summed E-state index contributed by atoms with van der Waals surface area (Å²) in [7, 11) is -5.82. The summed E-state index contributed by atoms with van der Waals surface area (Å²) in [6, 6.07) is 5.84. The van der Waals surface area contributed by atoms with Crippen LogP contribution in [0.4, 0.5) is 0 Å². The molecule has 0 atom stereocenters. The fourth-order valence-electron chi connectivity index (χ4n) is 2.76. The van der Waals surface area contributed by atoms with Gasteiger partial charge in [-0.2, -0.15) is 8.61 Å². The molecule has 0 aliphatic carbocycles. The summed E-state index contributed by atoms with van der Waals surface area (Å²) in [5.74, 6) is -0.257. The number of methoxy groups -OCH3 is 1. The van der Waals surface area contributed by atoms with E-state index in [1.165, 1.54) is 40.0 Å². The van der Waals surface area contributed by atoms with Gasteiger partial charge in [-0.05, 0) is 30.7 Å². The highest BCUT2D eigenvalue weighted by molar-refractivity contribution is 7.90. The van der Waals surface area contributed by atoms with Gasteiger partial charge < -0.3 is 10.1 Å². The Morgan fingerprint density at radius 3 is 2.33 bits per heavy atom. The van der Waals surface area contributed by atoms with E-state index in [0.29, 0.717) is 44.2 Å². The zero-order valence-corrected chi connectivity index (χ0v) is 17.7. The molecule has 2 rings (SSSR count). The number of hydrogen-bond acceptors (Lipinski definition) is 6. The summed E-state index contributed by atoms with van der Waals surface area (Å²) in [5, 5.41) is 3.53. The fourth-order valence-corrected chi connectivity index (χ4v) is 5.93. The van der Waals surface area contributed by atoms with Crippen molar-refractivity contribution < 1.29 is 21.6 Å². The van der Waals surface area contributed by atoms with Crippen molar-refractivity contribution in [2.75, 3.05) is 58.7 Å². The van der Waals surface area contributed by atoms with Crippen LogP contribution in [0.5, 0.6) is 0 Å². The second kappa shape index (κ2) is 10.1.